The molecule has 0 bridgehead atoms. The Morgan fingerprint density at radius 3 is 2.76 bits per heavy atom. The Labute approximate surface area is 198 Å². The van der Waals surface area contributed by atoms with Crippen LogP contribution in [0.3, 0.4) is 0 Å². The molecule has 9 heteroatoms. The first-order valence-electron chi connectivity index (χ1n) is 9.93. The third-order valence-corrected chi connectivity index (χ3v) is 5.19. The first kappa shape index (κ1) is 23.9. The second-order valence-electron chi connectivity index (χ2n) is 7.26. The van der Waals surface area contributed by atoms with Gasteiger partial charge in [-0.05, 0) is 37.6 Å². The molecule has 0 aliphatic carbocycles. The van der Waals surface area contributed by atoms with E-state index in [0.29, 0.717) is 24.9 Å². The second-order valence-corrected chi connectivity index (χ2v) is 8.18. The van der Waals surface area contributed by atoms with Gasteiger partial charge in [0.1, 0.15) is 0 Å². The number of hydrogen-bond donors (Lipinski definition) is 2. The van der Waals surface area contributed by atoms with Gasteiger partial charge in [-0.1, -0.05) is 34.9 Å². The highest BCUT2D eigenvalue weighted by Crippen LogP contribution is 2.22. The number of halogens is 2. The van der Waals surface area contributed by atoms with Crippen LogP contribution in [-0.4, -0.2) is 48.3 Å². The molecular weight excluding hydrogens is 547 g/mol. The van der Waals surface area contributed by atoms with Gasteiger partial charge in [0.2, 0.25) is 5.89 Å². The van der Waals surface area contributed by atoms with Crippen LogP contribution in [0.25, 0.3) is 0 Å². The van der Waals surface area contributed by atoms with Crippen LogP contribution < -0.4 is 15.5 Å². The predicted octanol–water partition coefficient (Wildman–Crippen LogP) is 3.95. The van der Waals surface area contributed by atoms with E-state index in [-0.39, 0.29) is 29.9 Å². The molecule has 1 aromatic carbocycles. The first-order chi connectivity index (χ1) is 13.5. The van der Waals surface area contributed by atoms with Gasteiger partial charge in [0.05, 0.1) is 6.54 Å². The molecule has 1 fully saturated rings. The molecule has 1 aliphatic rings. The highest BCUT2D eigenvalue weighted by molar-refractivity contribution is 14.0. The normalized spacial score (nSPS) is 16.8. The highest BCUT2D eigenvalue weighted by atomic mass is 127. The van der Waals surface area contributed by atoms with Gasteiger partial charge in [-0.3, -0.25) is 4.99 Å². The van der Waals surface area contributed by atoms with Crippen molar-refractivity contribution in [2.75, 3.05) is 31.1 Å². The summed E-state index contributed by atoms with van der Waals surface area (Å²) in [5.41, 5.74) is 1.26. The summed E-state index contributed by atoms with van der Waals surface area (Å²) >= 11 is 3.50. The molecule has 0 radical (unpaired) electrons. The molecular formula is C20H30BrIN6O. The van der Waals surface area contributed by atoms with Crippen molar-refractivity contribution in [3.8, 4) is 0 Å². The van der Waals surface area contributed by atoms with Crippen LogP contribution >= 0.6 is 39.9 Å². The number of rotatable bonds is 7. The summed E-state index contributed by atoms with van der Waals surface area (Å²) in [6, 6.07) is 8.86. The summed E-state index contributed by atoms with van der Waals surface area (Å²) in [5.74, 6) is 2.51. The molecule has 1 aromatic heterocycles. The standard InChI is InChI=1S/C20H29BrN6O.HI/c1-4-22-20(23-11-9-18-25-19(14(2)3)26-28-18)24-16-10-12-27(13-16)17-7-5-15(21)6-8-17;/h5-8,14,16H,4,9-13H2,1-3H3,(H2,22,23,24);1H. The SMILES string of the molecule is CCNC(=NCCc1nc(C(C)C)no1)NC1CCN(c2ccc(Br)cc2)C1.I. The van der Waals surface area contributed by atoms with E-state index >= 15 is 0 Å². The van der Waals surface area contributed by atoms with E-state index in [1.807, 2.05) is 0 Å². The lowest BCUT2D eigenvalue weighted by Crippen LogP contribution is -2.44. The molecule has 0 spiro atoms. The van der Waals surface area contributed by atoms with Crippen molar-refractivity contribution >= 4 is 51.6 Å². The number of guanidine groups is 1. The molecule has 29 heavy (non-hydrogen) atoms. The summed E-state index contributed by atoms with van der Waals surface area (Å²) in [7, 11) is 0. The van der Waals surface area contributed by atoms with Crippen LogP contribution in [0.15, 0.2) is 38.3 Å². The van der Waals surface area contributed by atoms with Crippen LogP contribution in [0.4, 0.5) is 5.69 Å². The van der Waals surface area contributed by atoms with Crippen molar-refractivity contribution in [3.05, 3.63) is 40.5 Å². The van der Waals surface area contributed by atoms with Gasteiger partial charge in [0, 0.05) is 48.2 Å². The van der Waals surface area contributed by atoms with Gasteiger partial charge in [-0.15, -0.1) is 24.0 Å². The monoisotopic (exact) mass is 576 g/mol. The molecule has 160 valence electrons. The fourth-order valence-corrected chi connectivity index (χ4v) is 3.41. The van der Waals surface area contributed by atoms with Crippen molar-refractivity contribution < 1.29 is 4.52 Å². The quantitative estimate of drug-likeness (QED) is 0.295. The summed E-state index contributed by atoms with van der Waals surface area (Å²) < 4.78 is 6.40. The zero-order valence-corrected chi connectivity index (χ0v) is 21.1. The van der Waals surface area contributed by atoms with E-state index in [1.165, 1.54) is 5.69 Å². The van der Waals surface area contributed by atoms with E-state index in [0.717, 1.165) is 42.3 Å². The van der Waals surface area contributed by atoms with Gasteiger partial charge >= 0.3 is 0 Å². The Hall–Kier alpha value is -1.36. The smallest absolute Gasteiger partial charge is 0.228 e. The summed E-state index contributed by atoms with van der Waals surface area (Å²) in [5, 5.41) is 10.9. The second kappa shape index (κ2) is 11.7. The van der Waals surface area contributed by atoms with Crippen molar-refractivity contribution in [1.82, 2.24) is 20.8 Å². The average molecular weight is 577 g/mol. The molecule has 2 N–H and O–H groups in total. The minimum atomic E-state index is 0. The van der Waals surface area contributed by atoms with Crippen molar-refractivity contribution in [2.24, 2.45) is 4.99 Å². The van der Waals surface area contributed by atoms with Crippen LogP contribution in [0.2, 0.25) is 0 Å². The third-order valence-electron chi connectivity index (χ3n) is 4.66. The number of nitrogens with one attached hydrogen (secondary N) is 2. The Kier molecular flexibility index (Phi) is 9.67. The highest BCUT2D eigenvalue weighted by Gasteiger charge is 2.23. The summed E-state index contributed by atoms with van der Waals surface area (Å²) in [4.78, 5) is 11.5. The third kappa shape index (κ3) is 7.13. The predicted molar refractivity (Wildman–Crippen MR) is 131 cm³/mol. The molecule has 1 aliphatic heterocycles. The number of nitrogens with zero attached hydrogens (tertiary/aromatic N) is 4. The van der Waals surface area contributed by atoms with Crippen molar-refractivity contribution in [2.45, 2.75) is 45.6 Å². The Morgan fingerprint density at radius 2 is 2.10 bits per heavy atom. The van der Waals surface area contributed by atoms with Crippen LogP contribution in [0.5, 0.6) is 0 Å². The minimum Gasteiger partial charge on any atom is -0.369 e. The maximum absolute atomic E-state index is 5.29. The fraction of sp³-hybridized carbons (Fsp3) is 0.550. The van der Waals surface area contributed by atoms with E-state index < -0.39 is 0 Å². The van der Waals surface area contributed by atoms with E-state index in [1.54, 1.807) is 0 Å². The molecule has 2 aromatic rings. The van der Waals surface area contributed by atoms with Crippen molar-refractivity contribution in [1.29, 1.82) is 0 Å². The van der Waals surface area contributed by atoms with Gasteiger partial charge in [0.15, 0.2) is 11.8 Å². The molecule has 0 amide bonds. The van der Waals surface area contributed by atoms with Gasteiger partial charge < -0.3 is 20.1 Å². The zero-order chi connectivity index (χ0) is 19.9. The topological polar surface area (TPSA) is 78.6 Å². The van der Waals surface area contributed by atoms with Gasteiger partial charge in [-0.2, -0.15) is 4.98 Å². The van der Waals surface area contributed by atoms with Gasteiger partial charge in [0.25, 0.3) is 0 Å². The van der Waals surface area contributed by atoms with Crippen LogP contribution in [-0.2, 0) is 6.42 Å². The lowest BCUT2D eigenvalue weighted by molar-refractivity contribution is 0.372. The minimum absolute atomic E-state index is 0. The molecule has 3 rings (SSSR count). The van der Waals surface area contributed by atoms with Crippen LogP contribution in [0.1, 0.15) is 44.8 Å². The average Bonchev–Trinajstić information content (AvgIpc) is 3.32. The number of benzene rings is 1. The molecule has 1 atom stereocenters. The Bertz CT molecular complexity index is 780. The van der Waals surface area contributed by atoms with Crippen molar-refractivity contribution in [3.63, 3.8) is 0 Å². The summed E-state index contributed by atoms with van der Waals surface area (Å²) in [6.07, 6.45) is 1.73. The van der Waals surface area contributed by atoms with Crippen LogP contribution in [0, 0.1) is 0 Å². The van der Waals surface area contributed by atoms with E-state index in [9.17, 15) is 0 Å². The zero-order valence-electron chi connectivity index (χ0n) is 17.2. The molecule has 0 saturated carbocycles. The molecule has 1 unspecified atom stereocenters. The number of hydrogen-bond acceptors (Lipinski definition) is 5. The lowest BCUT2D eigenvalue weighted by atomic mass is 10.2. The molecule has 2 heterocycles. The molecule has 1 saturated heterocycles. The fourth-order valence-electron chi connectivity index (χ4n) is 3.15. The number of anilines is 1. The maximum Gasteiger partial charge on any atom is 0.228 e. The Morgan fingerprint density at radius 1 is 1.34 bits per heavy atom. The van der Waals surface area contributed by atoms with E-state index in [4.69, 9.17) is 4.52 Å². The number of aromatic nitrogens is 2. The lowest BCUT2D eigenvalue weighted by Gasteiger charge is -2.20. The van der Waals surface area contributed by atoms with Gasteiger partial charge in [-0.25, -0.2) is 0 Å². The number of aliphatic imine (C=N–C) groups is 1. The first-order valence-corrected chi connectivity index (χ1v) is 10.7. The Balaban J connectivity index is 0.00000300. The van der Waals surface area contributed by atoms with E-state index in [2.05, 4.69) is 91.6 Å². The largest absolute Gasteiger partial charge is 0.369 e. The summed E-state index contributed by atoms with van der Waals surface area (Å²) in [6.45, 7) is 9.63. The maximum atomic E-state index is 5.29. The molecule has 7 nitrogen and oxygen atoms in total.